The molecule has 0 aromatic heterocycles. The second-order valence-electron chi connectivity index (χ2n) is 7.98. The van der Waals surface area contributed by atoms with Crippen LogP contribution in [-0.4, -0.2) is 14.2 Å². The van der Waals surface area contributed by atoms with Crippen molar-refractivity contribution >= 4 is 50.0 Å². The zero-order valence-corrected chi connectivity index (χ0v) is 19.7. The summed E-state index contributed by atoms with van der Waals surface area (Å²) in [5.41, 5.74) is 0. The Bertz CT molecular complexity index is 929. The Morgan fingerprint density at radius 2 is 1.22 bits per heavy atom. The topological polar surface area (TPSA) is 0 Å². The van der Waals surface area contributed by atoms with Crippen LogP contribution in [0.5, 0.6) is 0 Å². The van der Waals surface area contributed by atoms with Crippen LogP contribution in [0.3, 0.4) is 0 Å². The zero-order chi connectivity index (χ0) is 19.6. The second kappa shape index (κ2) is 7.40. The first kappa shape index (κ1) is 20.1. The summed E-state index contributed by atoms with van der Waals surface area (Å²) < 4.78 is 0. The molecular weight excluding hydrogens is 427 g/mol. The molecule has 3 rings (SSSR count). The molecule has 3 heteroatoms. The molecule has 0 bridgehead atoms. The van der Waals surface area contributed by atoms with Gasteiger partial charge in [-0.05, 0) is 0 Å². The molecule has 0 saturated carbocycles. The molecule has 0 aliphatic heterocycles. The monoisotopic (exact) mass is 452 g/mol. The molecule has 0 nitrogen and oxygen atoms in total. The van der Waals surface area contributed by atoms with Gasteiger partial charge in [-0.25, -0.2) is 0 Å². The van der Waals surface area contributed by atoms with Crippen LogP contribution >= 0.6 is 20.8 Å². The number of benzene rings is 3. The fourth-order valence-electron chi connectivity index (χ4n) is 3.86. The van der Waals surface area contributed by atoms with E-state index in [1.807, 2.05) is 0 Å². The molecule has 3 aromatic carbocycles. The number of halogens is 1. The van der Waals surface area contributed by atoms with Crippen LogP contribution < -0.4 is 21.1 Å². The molecule has 0 spiro atoms. The third-order valence-electron chi connectivity index (χ3n) is 5.19. The first-order valence-electron chi connectivity index (χ1n) is 9.20. The Morgan fingerprint density at radius 1 is 0.778 bits per heavy atom. The van der Waals surface area contributed by atoms with E-state index < -0.39 is 13.4 Å². The van der Waals surface area contributed by atoms with Crippen molar-refractivity contribution in [1.82, 2.24) is 0 Å². The van der Waals surface area contributed by atoms with Crippen molar-refractivity contribution in [2.75, 3.05) is 6.16 Å². The van der Waals surface area contributed by atoms with E-state index in [9.17, 15) is 0 Å². The van der Waals surface area contributed by atoms with Crippen LogP contribution in [0.2, 0.25) is 19.6 Å². The summed E-state index contributed by atoms with van der Waals surface area (Å²) in [6, 6.07) is 30.5. The van der Waals surface area contributed by atoms with Crippen LogP contribution in [0, 0.1) is 12.3 Å². The maximum atomic E-state index is 6.03. The van der Waals surface area contributed by atoms with Gasteiger partial charge in [0.2, 0.25) is 0 Å². The standard InChI is InChI=1S/C24H26BrPSi/c1-5-20-26(25,21-14-8-6-9-15-21,22-16-10-7-11-17-22)23-18-12-13-19-24(23)27(2,3)4/h1,6-19H,20H2,2-4H3. The Labute approximate surface area is 172 Å². The van der Waals surface area contributed by atoms with Gasteiger partial charge < -0.3 is 0 Å². The minimum atomic E-state index is -2.98. The Balaban J connectivity index is 2.53. The van der Waals surface area contributed by atoms with Crippen LogP contribution in [-0.2, 0) is 0 Å². The molecule has 0 saturated heterocycles. The number of hydrogen-bond acceptors (Lipinski definition) is 0. The fourth-order valence-corrected chi connectivity index (χ4v) is 14.6. The van der Waals surface area contributed by atoms with E-state index in [1.165, 1.54) is 21.1 Å². The zero-order valence-electron chi connectivity index (χ0n) is 16.2. The first-order valence-corrected chi connectivity index (χ1v) is 17.1. The van der Waals surface area contributed by atoms with Crippen molar-refractivity contribution in [3.8, 4) is 12.3 Å². The van der Waals surface area contributed by atoms with Gasteiger partial charge >= 0.3 is 173 Å². The van der Waals surface area contributed by atoms with Crippen molar-refractivity contribution < 1.29 is 0 Å². The van der Waals surface area contributed by atoms with Crippen molar-refractivity contribution in [2.24, 2.45) is 0 Å². The molecule has 0 N–H and O–H groups in total. The average molecular weight is 453 g/mol. The molecule has 0 heterocycles. The average Bonchev–Trinajstić information content (AvgIpc) is 2.69. The predicted molar refractivity (Wildman–Crippen MR) is 131 cm³/mol. The van der Waals surface area contributed by atoms with Gasteiger partial charge in [0, 0.05) is 0 Å². The predicted octanol–water partition coefficient (Wildman–Crippen LogP) is 5.00. The van der Waals surface area contributed by atoms with E-state index in [0.29, 0.717) is 6.16 Å². The van der Waals surface area contributed by atoms with E-state index in [1.54, 1.807) is 0 Å². The summed E-state index contributed by atoms with van der Waals surface area (Å²) in [5, 5.41) is 2.46. The first-order chi connectivity index (χ1) is 12.8. The Morgan fingerprint density at radius 3 is 1.67 bits per heavy atom. The molecule has 0 amide bonds. The second-order valence-corrected chi connectivity index (χ2v) is 21.9. The maximum absolute atomic E-state index is 6.03. The summed E-state index contributed by atoms with van der Waals surface area (Å²) in [6.45, 7) is 7.23. The van der Waals surface area contributed by atoms with Crippen molar-refractivity contribution in [1.29, 1.82) is 0 Å². The number of terminal acetylenes is 1. The van der Waals surface area contributed by atoms with E-state index >= 15 is 0 Å². The van der Waals surface area contributed by atoms with Gasteiger partial charge in [-0.3, -0.25) is 0 Å². The summed E-state index contributed by atoms with van der Waals surface area (Å²) in [6.07, 6.45) is 6.69. The van der Waals surface area contributed by atoms with Gasteiger partial charge in [-0.2, -0.15) is 0 Å². The number of hydrogen-bond donors (Lipinski definition) is 0. The Hall–Kier alpha value is -1.65. The molecule has 0 aliphatic carbocycles. The summed E-state index contributed by atoms with van der Waals surface area (Å²) in [4.78, 5) is 0. The SMILES string of the molecule is C#CCP(Br)(c1ccccc1)(c1ccccc1)c1ccccc1[Si](C)(C)C. The third-order valence-corrected chi connectivity index (χ3v) is 16.7. The molecule has 0 atom stereocenters. The van der Waals surface area contributed by atoms with E-state index in [2.05, 4.69) is 126 Å². The van der Waals surface area contributed by atoms with Crippen molar-refractivity contribution in [3.63, 3.8) is 0 Å². The van der Waals surface area contributed by atoms with Gasteiger partial charge in [0.1, 0.15) is 0 Å². The van der Waals surface area contributed by atoms with Gasteiger partial charge in [0.15, 0.2) is 0 Å². The van der Waals surface area contributed by atoms with E-state index in [4.69, 9.17) is 6.42 Å². The quantitative estimate of drug-likeness (QED) is 0.290. The van der Waals surface area contributed by atoms with E-state index in [-0.39, 0.29) is 0 Å². The molecule has 0 aliphatic rings. The fraction of sp³-hybridized carbons (Fsp3) is 0.167. The molecule has 3 aromatic rings. The summed E-state index contributed by atoms with van der Waals surface area (Å²) >= 11 is 4.43. The molecule has 0 fully saturated rings. The molecular formula is C24H26BrPSi. The van der Waals surface area contributed by atoms with Crippen molar-refractivity contribution in [3.05, 3.63) is 84.9 Å². The van der Waals surface area contributed by atoms with Gasteiger partial charge in [0.25, 0.3) is 0 Å². The summed E-state index contributed by atoms with van der Waals surface area (Å²) in [5.74, 6) is 3.05. The minimum absolute atomic E-state index is 0.654. The molecule has 0 radical (unpaired) electrons. The molecule has 0 unspecified atom stereocenters. The van der Waals surface area contributed by atoms with Crippen LogP contribution in [0.25, 0.3) is 0 Å². The van der Waals surface area contributed by atoms with E-state index in [0.717, 1.165) is 0 Å². The molecule has 138 valence electrons. The van der Waals surface area contributed by atoms with Gasteiger partial charge in [-0.1, -0.05) is 0 Å². The van der Waals surface area contributed by atoms with Crippen LogP contribution in [0.4, 0.5) is 0 Å². The van der Waals surface area contributed by atoms with Crippen LogP contribution in [0.15, 0.2) is 84.9 Å². The van der Waals surface area contributed by atoms with Crippen molar-refractivity contribution in [2.45, 2.75) is 19.6 Å². The third kappa shape index (κ3) is 3.34. The Kier molecular flexibility index (Phi) is 5.51. The van der Waals surface area contributed by atoms with Gasteiger partial charge in [-0.15, -0.1) is 0 Å². The molecule has 27 heavy (non-hydrogen) atoms. The van der Waals surface area contributed by atoms with Gasteiger partial charge in [0.05, 0.1) is 0 Å². The van der Waals surface area contributed by atoms with Crippen LogP contribution in [0.1, 0.15) is 0 Å². The summed E-state index contributed by atoms with van der Waals surface area (Å²) in [7, 11) is -1.60. The number of rotatable bonds is 5. The normalized spacial score (nSPS) is 13.4.